The fourth-order valence-corrected chi connectivity index (χ4v) is 2.22. The predicted octanol–water partition coefficient (Wildman–Crippen LogP) is 3.33. The third-order valence-electron chi connectivity index (χ3n) is 3.41. The Morgan fingerprint density at radius 3 is 2.68 bits per heavy atom. The van der Waals surface area contributed by atoms with Crippen LogP contribution in [-0.4, -0.2) is 29.7 Å². The molecule has 0 bridgehead atoms. The lowest BCUT2D eigenvalue weighted by Gasteiger charge is -2.11. The Labute approximate surface area is 132 Å². The summed E-state index contributed by atoms with van der Waals surface area (Å²) in [5.41, 5.74) is 2.85. The van der Waals surface area contributed by atoms with Crippen molar-refractivity contribution in [2.45, 2.75) is 33.3 Å². The molecule has 2 rings (SSSR count). The van der Waals surface area contributed by atoms with E-state index in [4.69, 9.17) is 4.74 Å². The number of carbonyl (C=O) groups is 1. The van der Waals surface area contributed by atoms with Crippen molar-refractivity contribution in [3.05, 3.63) is 53.9 Å². The molecule has 1 N–H and O–H groups in total. The number of nitrogens with one attached hydrogen (secondary N) is 1. The summed E-state index contributed by atoms with van der Waals surface area (Å²) in [4.78, 5) is 12.2. The summed E-state index contributed by atoms with van der Waals surface area (Å²) in [5.74, 6) is -0.0436. The van der Waals surface area contributed by atoms with Crippen molar-refractivity contribution in [3.8, 4) is 5.69 Å². The van der Waals surface area contributed by atoms with E-state index in [0.717, 1.165) is 17.7 Å². The summed E-state index contributed by atoms with van der Waals surface area (Å²) < 4.78 is 7.47. The molecule has 0 saturated heterocycles. The number of ether oxygens (including phenoxy) is 1. The fraction of sp³-hybridized carbons (Fsp3) is 0.389. The lowest BCUT2D eigenvalue weighted by atomic mass is 10.1. The number of aryl methyl sites for hydroxylation is 1. The molecule has 4 heteroatoms. The monoisotopic (exact) mass is 300 g/mol. The number of carbonyl (C=O) groups excluding carboxylic acids is 1. The highest BCUT2D eigenvalue weighted by atomic mass is 16.5. The molecule has 0 atom stereocenters. The van der Waals surface area contributed by atoms with Crippen LogP contribution in [0.5, 0.6) is 0 Å². The molecule has 118 valence electrons. The van der Waals surface area contributed by atoms with E-state index < -0.39 is 0 Å². The van der Waals surface area contributed by atoms with Crippen molar-refractivity contribution in [2.24, 2.45) is 0 Å². The second kappa shape index (κ2) is 7.80. The zero-order valence-corrected chi connectivity index (χ0v) is 13.5. The van der Waals surface area contributed by atoms with E-state index in [-0.39, 0.29) is 12.0 Å². The van der Waals surface area contributed by atoms with Gasteiger partial charge >= 0.3 is 0 Å². The van der Waals surface area contributed by atoms with Gasteiger partial charge in [0.25, 0.3) is 5.91 Å². The molecule has 1 amide bonds. The van der Waals surface area contributed by atoms with E-state index in [1.807, 2.05) is 68.1 Å². The maximum atomic E-state index is 12.2. The Morgan fingerprint density at radius 1 is 1.27 bits per heavy atom. The summed E-state index contributed by atoms with van der Waals surface area (Å²) in [7, 11) is 0. The van der Waals surface area contributed by atoms with E-state index >= 15 is 0 Å². The first-order valence-corrected chi connectivity index (χ1v) is 7.71. The van der Waals surface area contributed by atoms with Crippen molar-refractivity contribution in [2.75, 3.05) is 13.2 Å². The van der Waals surface area contributed by atoms with E-state index in [9.17, 15) is 4.79 Å². The van der Waals surface area contributed by atoms with Crippen LogP contribution in [-0.2, 0) is 4.74 Å². The van der Waals surface area contributed by atoms with E-state index in [2.05, 4.69) is 5.32 Å². The first-order valence-electron chi connectivity index (χ1n) is 7.71. The molecule has 0 aliphatic carbocycles. The van der Waals surface area contributed by atoms with Crippen LogP contribution in [0.2, 0.25) is 0 Å². The van der Waals surface area contributed by atoms with E-state index in [1.165, 1.54) is 0 Å². The van der Waals surface area contributed by atoms with Crippen LogP contribution in [0.3, 0.4) is 0 Å². The summed E-state index contributed by atoms with van der Waals surface area (Å²) >= 11 is 0. The minimum absolute atomic E-state index is 0.0436. The topological polar surface area (TPSA) is 43.3 Å². The second-order valence-electron chi connectivity index (χ2n) is 5.62. The third kappa shape index (κ3) is 4.46. The molecule has 4 nitrogen and oxygen atoms in total. The molecule has 0 saturated carbocycles. The van der Waals surface area contributed by atoms with Crippen LogP contribution in [0.15, 0.2) is 42.7 Å². The number of amides is 1. The average Bonchev–Trinajstić information content (AvgIpc) is 3.01. The zero-order chi connectivity index (χ0) is 15.9. The number of rotatable bonds is 7. The van der Waals surface area contributed by atoms with Crippen molar-refractivity contribution < 1.29 is 9.53 Å². The molecule has 0 radical (unpaired) electrons. The Morgan fingerprint density at radius 2 is 2.00 bits per heavy atom. The summed E-state index contributed by atoms with van der Waals surface area (Å²) in [6, 6.07) is 9.71. The first kappa shape index (κ1) is 16.3. The average molecular weight is 300 g/mol. The van der Waals surface area contributed by atoms with Gasteiger partial charge < -0.3 is 14.6 Å². The molecule has 0 aliphatic rings. The van der Waals surface area contributed by atoms with Crippen LogP contribution in [0.25, 0.3) is 5.69 Å². The number of nitrogens with zero attached hydrogens (tertiary/aromatic N) is 1. The molecule has 0 spiro atoms. The van der Waals surface area contributed by atoms with Gasteiger partial charge in [-0.2, -0.15) is 0 Å². The molecule has 1 aromatic heterocycles. The Hall–Kier alpha value is -2.07. The zero-order valence-electron chi connectivity index (χ0n) is 13.5. The number of benzene rings is 1. The van der Waals surface area contributed by atoms with Crippen molar-refractivity contribution in [1.82, 2.24) is 9.88 Å². The number of hydrogen-bond acceptors (Lipinski definition) is 2. The minimum atomic E-state index is -0.0436. The molecular weight excluding hydrogens is 276 g/mol. The number of hydrogen-bond donors (Lipinski definition) is 1. The van der Waals surface area contributed by atoms with E-state index in [0.29, 0.717) is 18.7 Å². The SMILES string of the molecule is Cc1ccc(C(=O)NCCCOC(C)C)cc1-n1cccc1. The minimum Gasteiger partial charge on any atom is -0.379 e. The van der Waals surface area contributed by atoms with Crippen LogP contribution >= 0.6 is 0 Å². The Kier molecular flexibility index (Phi) is 5.78. The molecule has 0 fully saturated rings. The van der Waals surface area contributed by atoms with Gasteiger partial charge in [0.2, 0.25) is 0 Å². The molecule has 22 heavy (non-hydrogen) atoms. The summed E-state index contributed by atoms with van der Waals surface area (Å²) in [6.07, 6.45) is 5.01. The summed E-state index contributed by atoms with van der Waals surface area (Å²) in [6.45, 7) is 7.35. The van der Waals surface area contributed by atoms with Crippen molar-refractivity contribution in [3.63, 3.8) is 0 Å². The molecular formula is C18H24N2O2. The smallest absolute Gasteiger partial charge is 0.251 e. The highest BCUT2D eigenvalue weighted by Crippen LogP contribution is 2.16. The van der Waals surface area contributed by atoms with Crippen molar-refractivity contribution >= 4 is 5.91 Å². The van der Waals surface area contributed by atoms with Gasteiger partial charge in [-0.25, -0.2) is 0 Å². The van der Waals surface area contributed by atoms with Gasteiger partial charge in [-0.05, 0) is 57.0 Å². The second-order valence-corrected chi connectivity index (χ2v) is 5.62. The maximum Gasteiger partial charge on any atom is 0.251 e. The highest BCUT2D eigenvalue weighted by Gasteiger charge is 2.08. The van der Waals surface area contributed by atoms with Gasteiger partial charge in [0.1, 0.15) is 0 Å². The van der Waals surface area contributed by atoms with Crippen LogP contribution < -0.4 is 5.32 Å². The van der Waals surface area contributed by atoms with Gasteiger partial charge in [0, 0.05) is 36.8 Å². The Bertz CT molecular complexity index is 604. The quantitative estimate of drug-likeness (QED) is 0.797. The summed E-state index contributed by atoms with van der Waals surface area (Å²) in [5, 5.41) is 2.94. The van der Waals surface area contributed by atoms with Crippen LogP contribution in [0.4, 0.5) is 0 Å². The predicted molar refractivity (Wildman–Crippen MR) is 88.5 cm³/mol. The van der Waals surface area contributed by atoms with Gasteiger partial charge in [-0.15, -0.1) is 0 Å². The number of aromatic nitrogens is 1. The van der Waals surface area contributed by atoms with Crippen molar-refractivity contribution in [1.29, 1.82) is 0 Å². The molecule has 1 aromatic carbocycles. The molecule has 1 heterocycles. The molecule has 0 unspecified atom stereocenters. The molecule has 2 aromatic rings. The van der Waals surface area contributed by atoms with Gasteiger partial charge in [-0.3, -0.25) is 4.79 Å². The molecule has 0 aliphatic heterocycles. The van der Waals surface area contributed by atoms with Gasteiger partial charge in [0.05, 0.1) is 6.10 Å². The first-order chi connectivity index (χ1) is 10.6. The third-order valence-corrected chi connectivity index (χ3v) is 3.41. The Balaban J connectivity index is 1.94. The highest BCUT2D eigenvalue weighted by molar-refractivity contribution is 5.94. The van der Waals surface area contributed by atoms with Crippen LogP contribution in [0, 0.1) is 6.92 Å². The van der Waals surface area contributed by atoms with Gasteiger partial charge in [0.15, 0.2) is 0 Å². The van der Waals surface area contributed by atoms with E-state index in [1.54, 1.807) is 0 Å². The maximum absolute atomic E-state index is 12.2. The largest absolute Gasteiger partial charge is 0.379 e. The fourth-order valence-electron chi connectivity index (χ4n) is 2.22. The van der Waals surface area contributed by atoms with Gasteiger partial charge in [-0.1, -0.05) is 6.07 Å². The lowest BCUT2D eigenvalue weighted by molar-refractivity contribution is 0.0757. The lowest BCUT2D eigenvalue weighted by Crippen LogP contribution is -2.25. The standard InChI is InChI=1S/C18H24N2O2/c1-14(2)22-12-6-9-19-18(21)16-8-7-15(3)17(13-16)20-10-4-5-11-20/h4-5,7-8,10-11,13-14H,6,9,12H2,1-3H3,(H,19,21). The van der Waals surface area contributed by atoms with Crippen LogP contribution in [0.1, 0.15) is 36.2 Å². The normalized spacial score (nSPS) is 10.9.